The van der Waals surface area contributed by atoms with E-state index in [4.69, 9.17) is 46.4 Å². The summed E-state index contributed by atoms with van der Waals surface area (Å²) in [4.78, 5) is 37.6. The highest BCUT2D eigenvalue weighted by Crippen LogP contribution is 2.32. The molecule has 4 aromatic carbocycles. The average molecular weight is 1230 g/mol. The van der Waals surface area contributed by atoms with E-state index in [0.717, 1.165) is 45.3 Å². The maximum absolute atomic E-state index is 12.4. The van der Waals surface area contributed by atoms with E-state index in [1.165, 1.54) is 53.9 Å². The molecule has 0 saturated carbocycles. The van der Waals surface area contributed by atoms with Gasteiger partial charge >= 0.3 is 6.18 Å². The van der Waals surface area contributed by atoms with Crippen LogP contribution in [0.2, 0.25) is 19.4 Å². The molecule has 8 rings (SSSR count). The normalized spacial score (nSPS) is 11.4. The molecule has 0 radical (unpaired) electrons. The van der Waals surface area contributed by atoms with Crippen LogP contribution in [0.4, 0.5) is 47.3 Å². The molecule has 3 amide bonds. The number of rotatable bonds is 15. The van der Waals surface area contributed by atoms with Crippen LogP contribution in [0.3, 0.4) is 0 Å². The molecule has 0 aliphatic heterocycles. The van der Waals surface area contributed by atoms with Crippen LogP contribution in [0.25, 0.3) is 0 Å². The van der Waals surface area contributed by atoms with Crippen molar-refractivity contribution in [3.05, 3.63) is 184 Å². The van der Waals surface area contributed by atoms with Crippen LogP contribution >= 0.6 is 91.8 Å². The number of hydrogen-bond donors (Lipinski definition) is 6. The van der Waals surface area contributed by atoms with E-state index in [-0.39, 0.29) is 40.8 Å². The van der Waals surface area contributed by atoms with E-state index in [0.29, 0.717) is 36.5 Å². The van der Waals surface area contributed by atoms with Gasteiger partial charge in [0.1, 0.15) is 18.8 Å². The Morgan fingerprint density at radius 2 is 0.824 bits per heavy atom. The van der Waals surface area contributed by atoms with Crippen LogP contribution in [0, 0.1) is 0 Å². The number of amides is 3. The number of carbonyl (C=O) groups is 3. The number of alkyl halides is 3. The van der Waals surface area contributed by atoms with Gasteiger partial charge in [-0.3, -0.25) is 28.5 Å². The number of halogens is 7. The van der Waals surface area contributed by atoms with Crippen molar-refractivity contribution in [3.63, 3.8) is 0 Å². The summed E-state index contributed by atoms with van der Waals surface area (Å²) in [5, 5.41) is 14.2. The van der Waals surface area contributed by atoms with Crippen LogP contribution in [-0.2, 0) is 30.1 Å². The molecule has 0 fully saturated rings. The third-order valence-corrected chi connectivity index (χ3v) is 18.1. The van der Waals surface area contributed by atoms with Crippen LogP contribution < -0.4 is 30.1 Å². The van der Waals surface area contributed by atoms with Gasteiger partial charge in [0.25, 0.3) is 37.8 Å². The van der Waals surface area contributed by atoms with Gasteiger partial charge in [-0.1, -0.05) is 64.6 Å². The summed E-state index contributed by atoms with van der Waals surface area (Å²) in [5.41, 5.74) is 1.76. The van der Waals surface area contributed by atoms with E-state index >= 15 is 0 Å². The maximum atomic E-state index is 12.4. The summed E-state index contributed by atoms with van der Waals surface area (Å²) in [5.74, 6) is -3.51. The fraction of sp³-hybridized carbons (Fsp3) is 0.0444. The molecule has 388 valence electrons. The lowest BCUT2D eigenvalue weighted by atomic mass is 10.3. The summed E-state index contributed by atoms with van der Waals surface area (Å²) >= 11 is 27.2. The van der Waals surface area contributed by atoms with Gasteiger partial charge in [-0.05, 0) is 131 Å². The molecule has 8 aromatic rings. The molecular formula is C45H33Cl4F3N6O9S7. The first kappa shape index (κ1) is 57.6. The van der Waals surface area contributed by atoms with Gasteiger partial charge in [-0.15, -0.1) is 45.3 Å². The molecule has 74 heavy (non-hydrogen) atoms. The Morgan fingerprint density at radius 1 is 0.459 bits per heavy atom. The predicted octanol–water partition coefficient (Wildman–Crippen LogP) is 13.6. The van der Waals surface area contributed by atoms with Gasteiger partial charge in [0.05, 0.1) is 26.3 Å². The predicted molar refractivity (Wildman–Crippen MR) is 292 cm³/mol. The highest BCUT2D eigenvalue weighted by molar-refractivity contribution is 7.94. The highest BCUT2D eigenvalue weighted by atomic mass is 35.5. The minimum absolute atomic E-state index is 0.0595. The summed E-state index contributed by atoms with van der Waals surface area (Å²) in [7, 11) is -12.2. The van der Waals surface area contributed by atoms with Crippen molar-refractivity contribution in [3.8, 4) is 0 Å². The maximum Gasteiger partial charge on any atom is 0.404 e. The smallest absolute Gasteiger partial charge is 0.321 e. The average Bonchev–Trinajstić information content (AvgIpc) is 4.18. The lowest BCUT2D eigenvalue weighted by molar-refractivity contribution is -0.106. The first-order valence-electron chi connectivity index (χ1n) is 20.2. The van der Waals surface area contributed by atoms with Crippen LogP contribution in [0.5, 0.6) is 0 Å². The Bertz CT molecular complexity index is 3580. The SMILES string of the molecule is O=C(Nc1ccc(Cl)cc1)c1sccc1NS(=O)(=O)CC(F)(F)F.O=C(Nc1ccc(Cl)cc1)c1sccc1NS(=O)(=O)c1ccc(Cl)s1.O=C(Nc1ccc(Cl)cc1)c1sccc1NS(=O)(=O)c1ccccc1. The Morgan fingerprint density at radius 3 is 1.18 bits per heavy atom. The van der Waals surface area contributed by atoms with E-state index < -0.39 is 59.7 Å². The number of nitrogens with one attached hydrogen (secondary N) is 6. The second kappa shape index (κ2) is 25.2. The number of sulfonamides is 3. The lowest BCUT2D eigenvalue weighted by Gasteiger charge is -2.11. The van der Waals surface area contributed by atoms with Crippen LogP contribution in [-0.4, -0.2) is 54.9 Å². The fourth-order valence-corrected chi connectivity index (χ4v) is 13.2. The standard InChI is InChI=1S/C17H13ClN2O3S2.C15H10Cl2N2O3S3.C13H10ClF3N2O3S2/c18-12-6-8-13(9-7-12)19-17(21)16-15(10-11-24-16)20-25(22,23)14-4-2-1-3-5-14;16-9-1-3-10(4-2-9)18-15(20)14-11(7-8-23-14)19-25(21,22)13-6-5-12(17)24-13;14-8-1-3-9(4-2-8)18-12(20)11-10(5-6-23-11)19-24(21,22)7-13(15,16)17/h1-11,20H,(H,19,21);1-8,19H,(H,18,20);1-6,19H,7H2,(H,18,20). The quantitative estimate of drug-likeness (QED) is 0.0573. The van der Waals surface area contributed by atoms with Gasteiger partial charge in [-0.2, -0.15) is 13.2 Å². The number of carbonyl (C=O) groups excluding carboxylic acids is 3. The molecule has 0 aliphatic carbocycles. The molecule has 0 spiro atoms. The zero-order valence-corrected chi connectivity index (χ0v) is 45.6. The van der Waals surface area contributed by atoms with Crippen molar-refractivity contribution in [2.24, 2.45) is 0 Å². The summed E-state index contributed by atoms with van der Waals surface area (Å²) in [6.45, 7) is 0. The molecule has 0 atom stereocenters. The van der Waals surface area contributed by atoms with Crippen molar-refractivity contribution in [2.45, 2.75) is 15.3 Å². The molecule has 15 nitrogen and oxygen atoms in total. The van der Waals surface area contributed by atoms with Crippen molar-refractivity contribution >= 4 is 174 Å². The van der Waals surface area contributed by atoms with Crippen molar-refractivity contribution in [1.29, 1.82) is 0 Å². The zero-order chi connectivity index (χ0) is 53.8. The van der Waals surface area contributed by atoms with Gasteiger partial charge < -0.3 is 16.0 Å². The number of anilines is 6. The molecule has 6 N–H and O–H groups in total. The van der Waals surface area contributed by atoms with Crippen molar-refractivity contribution in [1.82, 2.24) is 0 Å². The molecule has 0 aliphatic rings. The third kappa shape index (κ3) is 17.2. The molecular weight excluding hydrogens is 1190 g/mol. The van der Waals surface area contributed by atoms with Crippen molar-refractivity contribution in [2.75, 3.05) is 35.9 Å². The lowest BCUT2D eigenvalue weighted by Crippen LogP contribution is -2.28. The second-order valence-electron chi connectivity index (χ2n) is 14.4. The largest absolute Gasteiger partial charge is 0.404 e. The fourth-order valence-electron chi connectivity index (χ4n) is 5.72. The second-order valence-corrected chi connectivity index (χ2v) is 25.5. The van der Waals surface area contributed by atoms with Crippen LogP contribution in [0.1, 0.15) is 29.0 Å². The minimum Gasteiger partial charge on any atom is -0.321 e. The zero-order valence-electron chi connectivity index (χ0n) is 36.8. The van der Waals surface area contributed by atoms with E-state index in [2.05, 4.69) is 25.4 Å². The van der Waals surface area contributed by atoms with Gasteiger partial charge in [0, 0.05) is 32.1 Å². The highest BCUT2D eigenvalue weighted by Gasteiger charge is 2.36. The Kier molecular flexibility index (Phi) is 19.6. The summed E-state index contributed by atoms with van der Waals surface area (Å²) < 4.78 is 116. The molecule has 29 heteroatoms. The first-order chi connectivity index (χ1) is 34.9. The van der Waals surface area contributed by atoms with Gasteiger partial charge in [0.2, 0.25) is 10.0 Å². The van der Waals surface area contributed by atoms with E-state index in [1.54, 1.807) is 100 Å². The number of hydrogen-bond acceptors (Lipinski definition) is 13. The number of benzene rings is 4. The molecule has 0 saturated heterocycles. The molecule has 0 bridgehead atoms. The summed E-state index contributed by atoms with van der Waals surface area (Å²) in [6.07, 6.45) is -4.88. The van der Waals surface area contributed by atoms with E-state index in [9.17, 15) is 52.8 Å². The Balaban J connectivity index is 0.000000181. The first-order valence-corrected chi connectivity index (χ1v) is 29.8. The van der Waals surface area contributed by atoms with E-state index in [1.807, 2.05) is 0 Å². The Labute approximate surface area is 457 Å². The number of thiophene rings is 4. The monoisotopic (exact) mass is 1220 g/mol. The van der Waals surface area contributed by atoms with Gasteiger partial charge in [-0.25, -0.2) is 25.3 Å². The van der Waals surface area contributed by atoms with Crippen LogP contribution in [0.15, 0.2) is 159 Å². The summed E-state index contributed by atoms with van der Waals surface area (Å²) in [6, 6.07) is 34.6. The molecule has 4 heterocycles. The minimum atomic E-state index is -4.88. The topological polar surface area (TPSA) is 226 Å². The van der Waals surface area contributed by atoms with Gasteiger partial charge in [0.15, 0.2) is 5.75 Å². The molecule has 0 unspecified atom stereocenters. The van der Waals surface area contributed by atoms with Crippen molar-refractivity contribution < 1.29 is 52.8 Å². The third-order valence-electron chi connectivity index (χ3n) is 8.90. The Hall–Kier alpha value is -5.71. The molecule has 4 aromatic heterocycles.